The minimum Gasteiger partial charge on any atom is -0.481 e. The Bertz CT molecular complexity index is 978. The van der Waals surface area contributed by atoms with Gasteiger partial charge in [-0.25, -0.2) is 0 Å². The van der Waals surface area contributed by atoms with Gasteiger partial charge in [0.25, 0.3) is 11.1 Å². The number of hydrogen-bond donors (Lipinski definition) is 1. The summed E-state index contributed by atoms with van der Waals surface area (Å²) in [5.74, 6) is 2.12. The van der Waals surface area contributed by atoms with Crippen LogP contribution in [0, 0.1) is 12.3 Å². The van der Waals surface area contributed by atoms with E-state index in [0.717, 1.165) is 27.8 Å². The second kappa shape index (κ2) is 9.62. The number of benzene rings is 2. The number of ether oxygens (including phenoxy) is 1. The molecule has 0 bridgehead atoms. The maximum Gasteiger partial charge on any atom is 0.294 e. The first-order chi connectivity index (χ1) is 14.1. The van der Waals surface area contributed by atoms with E-state index >= 15 is 0 Å². The summed E-state index contributed by atoms with van der Waals surface area (Å²) in [5, 5.41) is 2.25. The van der Waals surface area contributed by atoms with Crippen molar-refractivity contribution >= 4 is 34.9 Å². The number of hydrogen-bond acceptors (Lipinski definition) is 5. The quantitative estimate of drug-likeness (QED) is 0.565. The van der Waals surface area contributed by atoms with Crippen LogP contribution in [0.3, 0.4) is 0 Å². The maximum absolute atomic E-state index is 12.5. The topological polar surface area (TPSA) is 75.7 Å². The van der Waals surface area contributed by atoms with Gasteiger partial charge in [0, 0.05) is 6.54 Å². The number of thioether (sulfide) groups is 1. The average Bonchev–Trinajstić information content (AvgIpc) is 3.00. The lowest BCUT2D eigenvalue weighted by atomic mass is 10.2. The molecule has 1 heterocycles. The number of amides is 3. The third-order valence-electron chi connectivity index (χ3n) is 4.01. The number of nitrogens with one attached hydrogen (secondary N) is 1. The first-order valence-electron chi connectivity index (χ1n) is 8.79. The van der Waals surface area contributed by atoms with E-state index in [9.17, 15) is 14.4 Å². The van der Waals surface area contributed by atoms with Crippen LogP contribution in [-0.2, 0) is 16.1 Å². The predicted octanol–water partition coefficient (Wildman–Crippen LogP) is 3.05. The molecular weight excluding hydrogens is 388 g/mol. The molecular formula is C22H18N2O4S. The summed E-state index contributed by atoms with van der Waals surface area (Å²) in [4.78, 5) is 38.1. The van der Waals surface area contributed by atoms with E-state index < -0.39 is 17.1 Å². The molecule has 29 heavy (non-hydrogen) atoms. The Morgan fingerprint density at radius 2 is 1.86 bits per heavy atom. The normalized spacial score (nSPS) is 14.7. The van der Waals surface area contributed by atoms with Crippen LogP contribution in [0.15, 0.2) is 59.5 Å². The Balaban J connectivity index is 1.59. The molecule has 146 valence electrons. The van der Waals surface area contributed by atoms with E-state index in [1.165, 1.54) is 0 Å². The fraction of sp³-hybridized carbons (Fsp3) is 0.136. The highest BCUT2D eigenvalue weighted by Crippen LogP contribution is 2.32. The second-order valence-corrected chi connectivity index (χ2v) is 7.09. The summed E-state index contributed by atoms with van der Waals surface area (Å²) < 4.78 is 5.30. The van der Waals surface area contributed by atoms with Gasteiger partial charge in [-0.2, -0.15) is 0 Å². The first-order valence-corrected chi connectivity index (χ1v) is 9.61. The van der Waals surface area contributed by atoms with Gasteiger partial charge >= 0.3 is 0 Å². The van der Waals surface area contributed by atoms with Crippen molar-refractivity contribution in [1.82, 2.24) is 10.2 Å². The molecule has 0 unspecified atom stereocenters. The summed E-state index contributed by atoms with van der Waals surface area (Å²) >= 11 is 0.812. The Hall–Kier alpha value is -3.50. The second-order valence-electron chi connectivity index (χ2n) is 6.09. The molecule has 6 nitrogen and oxygen atoms in total. The van der Waals surface area contributed by atoms with Gasteiger partial charge < -0.3 is 10.1 Å². The molecule has 7 heteroatoms. The molecule has 0 aromatic heterocycles. The van der Waals surface area contributed by atoms with Gasteiger partial charge in [-0.1, -0.05) is 48.4 Å². The first kappa shape index (κ1) is 20.2. The molecule has 1 aliphatic heterocycles. The number of rotatable bonds is 7. The van der Waals surface area contributed by atoms with E-state index in [2.05, 4.69) is 11.2 Å². The van der Waals surface area contributed by atoms with Gasteiger partial charge in [0.2, 0.25) is 5.91 Å². The number of terminal acetylenes is 1. The summed E-state index contributed by atoms with van der Waals surface area (Å²) in [5.41, 5.74) is 1.67. The highest BCUT2D eigenvalue weighted by molar-refractivity contribution is 8.18. The van der Waals surface area contributed by atoms with Gasteiger partial charge in [0.1, 0.15) is 18.9 Å². The smallest absolute Gasteiger partial charge is 0.294 e. The molecule has 0 atom stereocenters. The molecule has 0 aliphatic carbocycles. The number of carbonyl (C=O) groups is 3. The van der Waals surface area contributed by atoms with Crippen molar-refractivity contribution in [1.29, 1.82) is 0 Å². The van der Waals surface area contributed by atoms with Crippen LogP contribution in [0.25, 0.3) is 6.08 Å². The van der Waals surface area contributed by atoms with E-state index in [0.29, 0.717) is 12.3 Å². The lowest BCUT2D eigenvalue weighted by Crippen LogP contribution is -2.39. The summed E-state index contributed by atoms with van der Waals surface area (Å²) in [6.07, 6.45) is 6.76. The number of nitrogens with zero attached hydrogens (tertiary/aromatic N) is 1. The Labute approximate surface area is 172 Å². The van der Waals surface area contributed by atoms with E-state index in [4.69, 9.17) is 11.2 Å². The molecule has 1 saturated heterocycles. The van der Waals surface area contributed by atoms with Crippen LogP contribution < -0.4 is 10.1 Å². The van der Waals surface area contributed by atoms with E-state index in [1.54, 1.807) is 30.3 Å². The van der Waals surface area contributed by atoms with Crippen LogP contribution in [0.2, 0.25) is 0 Å². The SMILES string of the molecule is C#CCOc1ccc(/C=C2\SC(=O)N(CC(=O)NCc3ccccc3)C2=O)cc1. The lowest BCUT2D eigenvalue weighted by molar-refractivity contribution is -0.129. The van der Waals surface area contributed by atoms with Crippen molar-refractivity contribution in [2.24, 2.45) is 0 Å². The van der Waals surface area contributed by atoms with Crippen molar-refractivity contribution in [3.63, 3.8) is 0 Å². The summed E-state index contributed by atoms with van der Waals surface area (Å²) in [7, 11) is 0. The zero-order valence-electron chi connectivity index (χ0n) is 15.5. The molecule has 3 rings (SSSR count). The average molecular weight is 406 g/mol. The minimum atomic E-state index is -0.484. The van der Waals surface area contributed by atoms with Crippen molar-refractivity contribution in [2.75, 3.05) is 13.2 Å². The van der Waals surface area contributed by atoms with Gasteiger partial charge in [0.15, 0.2) is 0 Å². The minimum absolute atomic E-state index is 0.171. The van der Waals surface area contributed by atoms with Crippen LogP contribution in [0.1, 0.15) is 11.1 Å². The van der Waals surface area contributed by atoms with Crippen molar-refractivity contribution in [3.05, 3.63) is 70.6 Å². The maximum atomic E-state index is 12.5. The fourth-order valence-electron chi connectivity index (χ4n) is 2.57. The van der Waals surface area contributed by atoms with Crippen LogP contribution >= 0.6 is 11.8 Å². The molecule has 0 saturated carbocycles. The van der Waals surface area contributed by atoms with E-state index in [-0.39, 0.29) is 18.1 Å². The molecule has 2 aromatic rings. The Morgan fingerprint density at radius 3 is 2.55 bits per heavy atom. The molecule has 1 fully saturated rings. The molecule has 2 aromatic carbocycles. The zero-order valence-corrected chi connectivity index (χ0v) is 16.3. The highest BCUT2D eigenvalue weighted by atomic mass is 32.2. The summed E-state index contributed by atoms with van der Waals surface area (Å²) in [6.45, 7) is 0.193. The largest absolute Gasteiger partial charge is 0.481 e. The third kappa shape index (κ3) is 5.50. The monoisotopic (exact) mass is 406 g/mol. The standard InChI is InChI=1S/C22H18N2O4S/c1-2-12-28-18-10-8-16(9-11-18)13-19-21(26)24(22(27)29-19)15-20(25)23-14-17-6-4-3-5-7-17/h1,3-11,13H,12,14-15H2,(H,23,25)/b19-13-. The molecule has 0 spiro atoms. The van der Waals surface area contributed by atoms with Gasteiger partial charge in [-0.05, 0) is 41.1 Å². The fourth-order valence-corrected chi connectivity index (χ4v) is 3.41. The van der Waals surface area contributed by atoms with Gasteiger partial charge in [-0.15, -0.1) is 6.42 Å². The number of carbonyl (C=O) groups excluding carboxylic acids is 3. The van der Waals surface area contributed by atoms with Gasteiger partial charge in [0.05, 0.1) is 4.91 Å². The molecule has 0 radical (unpaired) electrons. The molecule has 1 aliphatic rings. The summed E-state index contributed by atoms with van der Waals surface area (Å²) in [6, 6.07) is 16.4. The number of imide groups is 1. The van der Waals surface area contributed by atoms with Crippen molar-refractivity contribution < 1.29 is 19.1 Å². The lowest BCUT2D eigenvalue weighted by Gasteiger charge is -2.12. The van der Waals surface area contributed by atoms with Crippen molar-refractivity contribution in [2.45, 2.75) is 6.54 Å². The van der Waals surface area contributed by atoms with Crippen LogP contribution in [0.5, 0.6) is 5.75 Å². The Kier molecular flexibility index (Phi) is 6.72. The van der Waals surface area contributed by atoms with Gasteiger partial charge in [-0.3, -0.25) is 19.3 Å². The van der Waals surface area contributed by atoms with E-state index in [1.807, 2.05) is 30.3 Å². The molecule has 3 amide bonds. The van der Waals surface area contributed by atoms with Crippen molar-refractivity contribution in [3.8, 4) is 18.1 Å². The third-order valence-corrected chi connectivity index (χ3v) is 4.92. The Morgan fingerprint density at radius 1 is 1.14 bits per heavy atom. The molecule has 1 N–H and O–H groups in total. The highest BCUT2D eigenvalue weighted by Gasteiger charge is 2.36. The van der Waals surface area contributed by atoms with Crippen LogP contribution in [0.4, 0.5) is 4.79 Å². The zero-order chi connectivity index (χ0) is 20.6. The van der Waals surface area contributed by atoms with Crippen LogP contribution in [-0.4, -0.2) is 35.1 Å². The predicted molar refractivity (Wildman–Crippen MR) is 112 cm³/mol.